The summed E-state index contributed by atoms with van der Waals surface area (Å²) in [6.45, 7) is 0.933. The molecule has 10 heteroatoms. The van der Waals surface area contributed by atoms with Gasteiger partial charge in [-0.3, -0.25) is 14.3 Å². The third-order valence-electron chi connectivity index (χ3n) is 7.54. The Labute approximate surface area is 184 Å². The summed E-state index contributed by atoms with van der Waals surface area (Å²) in [6, 6.07) is -0.487. The number of methoxy groups -OCH3 is 1. The van der Waals surface area contributed by atoms with Gasteiger partial charge < -0.3 is 26.2 Å². The number of aromatic nitrogens is 2. The molecule has 3 aliphatic rings. The number of nitrogens with two attached hydrogens (primary N) is 2. The van der Waals surface area contributed by atoms with Gasteiger partial charge in [0, 0.05) is 25.2 Å². The summed E-state index contributed by atoms with van der Waals surface area (Å²) in [5.41, 5.74) is 10.5. The van der Waals surface area contributed by atoms with Gasteiger partial charge in [-0.05, 0) is 38.0 Å². The summed E-state index contributed by atoms with van der Waals surface area (Å²) in [4.78, 5) is 29.3. The molecule has 0 spiro atoms. The monoisotopic (exact) mass is 447 g/mol. The van der Waals surface area contributed by atoms with Gasteiger partial charge in [0.15, 0.2) is 11.6 Å². The zero-order valence-electron chi connectivity index (χ0n) is 18.2. The number of rotatable bonds is 5. The van der Waals surface area contributed by atoms with Crippen LogP contribution in [0.5, 0.6) is 5.75 Å². The summed E-state index contributed by atoms with van der Waals surface area (Å²) in [6.07, 6.45) is 5.54. The van der Waals surface area contributed by atoms with Gasteiger partial charge in [-0.1, -0.05) is 12.8 Å². The van der Waals surface area contributed by atoms with E-state index in [-0.39, 0.29) is 40.0 Å². The fourth-order valence-corrected chi connectivity index (χ4v) is 5.67. The van der Waals surface area contributed by atoms with Gasteiger partial charge in [-0.25, -0.2) is 9.18 Å². The number of H-pyrrole nitrogens is 1. The molecule has 32 heavy (non-hydrogen) atoms. The first kappa shape index (κ1) is 21.3. The minimum absolute atomic E-state index is 0.0241. The minimum atomic E-state index is -0.883. The second-order valence-corrected chi connectivity index (χ2v) is 9.52. The van der Waals surface area contributed by atoms with Crippen molar-refractivity contribution in [2.45, 2.75) is 62.6 Å². The molecular formula is C22H30FN5O4. The van der Waals surface area contributed by atoms with Crippen molar-refractivity contribution in [2.75, 3.05) is 30.8 Å². The van der Waals surface area contributed by atoms with Crippen LogP contribution in [0.2, 0.25) is 0 Å². The molecule has 174 valence electrons. The molecule has 2 saturated carbocycles. The fourth-order valence-electron chi connectivity index (χ4n) is 5.67. The molecule has 1 aromatic heterocycles. The first-order valence-corrected chi connectivity index (χ1v) is 11.3. The number of nitrogen functional groups attached to an aromatic ring is 1. The lowest BCUT2D eigenvalue weighted by atomic mass is 9.83. The molecule has 0 radical (unpaired) electrons. The lowest BCUT2D eigenvalue weighted by Crippen LogP contribution is -2.51. The van der Waals surface area contributed by atoms with E-state index in [1.54, 1.807) is 0 Å². The zero-order chi connectivity index (χ0) is 22.8. The maximum atomic E-state index is 15.6. The second kappa shape index (κ2) is 7.48. The van der Waals surface area contributed by atoms with Gasteiger partial charge in [0.2, 0.25) is 0 Å². The molecule has 5 rings (SSSR count). The van der Waals surface area contributed by atoms with Gasteiger partial charge in [0.25, 0.3) is 5.56 Å². The summed E-state index contributed by atoms with van der Waals surface area (Å²) in [5.74, 6) is -0.630. The molecule has 2 atom stereocenters. The topological polar surface area (TPSA) is 140 Å². The Balaban J connectivity index is 1.62. The first-order valence-electron chi connectivity index (χ1n) is 11.3. The number of hydrogen-bond acceptors (Lipinski definition) is 7. The van der Waals surface area contributed by atoms with Crippen molar-refractivity contribution in [1.29, 1.82) is 0 Å². The van der Waals surface area contributed by atoms with Crippen molar-refractivity contribution in [1.82, 2.24) is 9.55 Å². The molecule has 1 saturated heterocycles. The highest BCUT2D eigenvalue weighted by Crippen LogP contribution is 2.46. The maximum absolute atomic E-state index is 15.6. The van der Waals surface area contributed by atoms with E-state index in [9.17, 15) is 14.7 Å². The van der Waals surface area contributed by atoms with Gasteiger partial charge in [0.05, 0.1) is 23.8 Å². The third kappa shape index (κ3) is 3.11. The van der Waals surface area contributed by atoms with Gasteiger partial charge in [-0.15, -0.1) is 0 Å². The van der Waals surface area contributed by atoms with E-state index in [0.29, 0.717) is 32.4 Å². The number of aromatic amines is 1. The van der Waals surface area contributed by atoms with E-state index < -0.39 is 28.7 Å². The van der Waals surface area contributed by atoms with Gasteiger partial charge >= 0.3 is 5.69 Å². The molecule has 1 aliphatic heterocycles. The van der Waals surface area contributed by atoms with Crippen molar-refractivity contribution >= 4 is 22.3 Å². The number of fused-ring (bicyclic) bond motifs is 1. The normalized spacial score (nSPS) is 23.8. The predicted octanol–water partition coefficient (Wildman–Crippen LogP) is 1.21. The van der Waals surface area contributed by atoms with Crippen LogP contribution in [0.1, 0.15) is 51.0 Å². The second-order valence-electron chi connectivity index (χ2n) is 9.52. The summed E-state index contributed by atoms with van der Waals surface area (Å²) >= 11 is 0. The first-order chi connectivity index (χ1) is 15.3. The number of benzene rings is 1. The van der Waals surface area contributed by atoms with Crippen LogP contribution in [-0.2, 0) is 0 Å². The number of nitrogens with zero attached hydrogens (tertiary/aromatic N) is 2. The van der Waals surface area contributed by atoms with Crippen LogP contribution in [0.3, 0.4) is 0 Å². The van der Waals surface area contributed by atoms with E-state index in [4.69, 9.17) is 16.2 Å². The number of halogens is 1. The number of aliphatic hydroxyl groups is 1. The largest absolute Gasteiger partial charge is 0.492 e. The standard InChI is InChI=1S/C22H30FN5O4/c1-32-18-16-13(20(29)26-21(30)28(16)12-4-5-12)15(24)14(23)17(18)27-9-6-11(10-27)19(25)22(31)7-2-3-8-22/h11-12,19,31H,2-10,24-25H2,1H3,(H,26,29,30). The lowest BCUT2D eigenvalue weighted by molar-refractivity contribution is 0.00442. The van der Waals surface area contributed by atoms with Crippen molar-refractivity contribution in [3.8, 4) is 5.75 Å². The minimum Gasteiger partial charge on any atom is -0.492 e. The number of hydrogen-bond donors (Lipinski definition) is 4. The average molecular weight is 448 g/mol. The highest BCUT2D eigenvalue weighted by molar-refractivity contribution is 5.99. The number of ether oxygens (including phenoxy) is 1. The summed E-state index contributed by atoms with van der Waals surface area (Å²) in [7, 11) is 1.40. The molecule has 1 aromatic carbocycles. The highest BCUT2D eigenvalue weighted by Gasteiger charge is 2.44. The van der Waals surface area contributed by atoms with Crippen LogP contribution in [0.25, 0.3) is 10.9 Å². The van der Waals surface area contributed by atoms with E-state index in [1.807, 2.05) is 4.90 Å². The highest BCUT2D eigenvalue weighted by atomic mass is 19.1. The molecule has 2 aromatic rings. The predicted molar refractivity (Wildman–Crippen MR) is 120 cm³/mol. The van der Waals surface area contributed by atoms with Crippen LogP contribution in [-0.4, -0.2) is 46.5 Å². The van der Waals surface area contributed by atoms with Crippen molar-refractivity contribution in [3.05, 3.63) is 26.7 Å². The lowest BCUT2D eigenvalue weighted by Gasteiger charge is -2.34. The van der Waals surface area contributed by atoms with Crippen molar-refractivity contribution < 1.29 is 14.2 Å². The Kier molecular flexibility index (Phi) is 4.97. The Morgan fingerprint density at radius 1 is 1.25 bits per heavy atom. The number of anilines is 2. The molecule has 9 nitrogen and oxygen atoms in total. The van der Waals surface area contributed by atoms with Gasteiger partial charge in [-0.2, -0.15) is 0 Å². The maximum Gasteiger partial charge on any atom is 0.329 e. The van der Waals surface area contributed by atoms with E-state index >= 15 is 4.39 Å². The summed E-state index contributed by atoms with van der Waals surface area (Å²) in [5, 5.41) is 10.9. The van der Waals surface area contributed by atoms with E-state index in [2.05, 4.69) is 4.98 Å². The van der Waals surface area contributed by atoms with E-state index in [1.165, 1.54) is 11.7 Å². The van der Waals surface area contributed by atoms with Crippen molar-refractivity contribution in [3.63, 3.8) is 0 Å². The van der Waals surface area contributed by atoms with Crippen LogP contribution in [0.15, 0.2) is 9.59 Å². The molecule has 2 heterocycles. The molecule has 0 bridgehead atoms. The van der Waals surface area contributed by atoms with Crippen LogP contribution in [0, 0.1) is 11.7 Å². The molecule has 0 amide bonds. The van der Waals surface area contributed by atoms with Crippen LogP contribution in [0.4, 0.5) is 15.8 Å². The summed E-state index contributed by atoms with van der Waals surface area (Å²) < 4.78 is 22.7. The smallest absolute Gasteiger partial charge is 0.329 e. The molecule has 3 fully saturated rings. The van der Waals surface area contributed by atoms with Crippen molar-refractivity contribution in [2.24, 2.45) is 11.7 Å². The fraction of sp³-hybridized carbons (Fsp3) is 0.636. The number of nitrogens with one attached hydrogen (secondary N) is 1. The SMILES string of the molecule is COc1c(N2CCC(C(N)C3(O)CCCC3)C2)c(F)c(N)c2c(=O)[nH]c(=O)n(C3CC3)c12. The molecule has 6 N–H and O–H groups in total. The Hall–Kier alpha value is -2.59. The van der Waals surface area contributed by atoms with Gasteiger partial charge in [0.1, 0.15) is 11.2 Å². The Bertz CT molecular complexity index is 1180. The average Bonchev–Trinajstić information content (AvgIpc) is 3.29. The Morgan fingerprint density at radius 2 is 1.94 bits per heavy atom. The third-order valence-corrected chi connectivity index (χ3v) is 7.54. The quantitative estimate of drug-likeness (QED) is 0.505. The van der Waals surface area contributed by atoms with Crippen LogP contribution >= 0.6 is 0 Å². The zero-order valence-corrected chi connectivity index (χ0v) is 18.2. The van der Waals surface area contributed by atoms with E-state index in [0.717, 1.165) is 25.7 Å². The molecular weight excluding hydrogens is 417 g/mol. The molecule has 2 aliphatic carbocycles. The molecule has 2 unspecified atom stereocenters. The Morgan fingerprint density at radius 3 is 2.56 bits per heavy atom. The van der Waals surface area contributed by atoms with Crippen LogP contribution < -0.4 is 32.4 Å².